The minimum Gasteiger partial charge on any atom is -0.288 e. The Morgan fingerprint density at radius 2 is 2.36 bits per heavy atom. The lowest BCUT2D eigenvalue weighted by atomic mass is 10.1. The van der Waals surface area contributed by atoms with E-state index in [9.17, 15) is 0 Å². The monoisotopic (exact) mass is 144 g/mol. The van der Waals surface area contributed by atoms with E-state index in [2.05, 4.69) is 16.1 Å². The van der Waals surface area contributed by atoms with Crippen molar-refractivity contribution in [1.29, 1.82) is 0 Å². The molecule has 0 saturated carbocycles. The zero-order valence-electron chi connectivity index (χ0n) is 6.07. The average Bonchev–Trinajstić information content (AvgIpc) is 2.58. The summed E-state index contributed by atoms with van der Waals surface area (Å²) in [5, 5.41) is 0. The highest BCUT2D eigenvalue weighted by Crippen LogP contribution is 2.13. The van der Waals surface area contributed by atoms with E-state index in [1.165, 1.54) is 5.57 Å². The smallest absolute Gasteiger partial charge is 0.0580 e. The van der Waals surface area contributed by atoms with Gasteiger partial charge in [-0.2, -0.15) is 0 Å². The third kappa shape index (κ3) is 1.19. The third-order valence-corrected chi connectivity index (χ3v) is 1.64. The van der Waals surface area contributed by atoms with E-state index in [1.807, 2.05) is 24.5 Å². The molecule has 2 heterocycles. The SMILES string of the molecule is C1=NCC=C1c1cccnc1. The van der Waals surface area contributed by atoms with E-state index < -0.39 is 0 Å². The first-order valence-corrected chi connectivity index (χ1v) is 3.57. The maximum atomic E-state index is 4.10. The van der Waals surface area contributed by atoms with Crippen LogP contribution in [-0.2, 0) is 0 Å². The summed E-state index contributed by atoms with van der Waals surface area (Å²) in [6.45, 7) is 0.810. The Morgan fingerprint density at radius 1 is 1.36 bits per heavy atom. The van der Waals surface area contributed by atoms with Crippen molar-refractivity contribution in [3.05, 3.63) is 36.2 Å². The standard InChI is InChI=1S/C9H8N2/c1-2-8(6-10-4-1)9-3-5-11-7-9/h1-4,6-7H,5H2. The number of pyridine rings is 1. The Balaban J connectivity index is 2.37. The number of allylic oxidation sites excluding steroid dienone is 1. The van der Waals surface area contributed by atoms with Crippen LogP contribution in [-0.4, -0.2) is 17.7 Å². The van der Waals surface area contributed by atoms with Gasteiger partial charge in [-0.05, 0) is 11.6 Å². The highest BCUT2D eigenvalue weighted by molar-refractivity contribution is 6.11. The van der Waals surface area contributed by atoms with E-state index >= 15 is 0 Å². The second-order valence-corrected chi connectivity index (χ2v) is 2.40. The molecule has 1 aliphatic heterocycles. The minimum atomic E-state index is 0.810. The lowest BCUT2D eigenvalue weighted by Crippen LogP contribution is -1.82. The zero-order valence-corrected chi connectivity index (χ0v) is 6.07. The molecule has 2 nitrogen and oxygen atoms in total. The maximum Gasteiger partial charge on any atom is 0.0580 e. The van der Waals surface area contributed by atoms with Crippen molar-refractivity contribution in [2.24, 2.45) is 4.99 Å². The molecule has 0 saturated heterocycles. The van der Waals surface area contributed by atoms with Crippen molar-refractivity contribution in [2.45, 2.75) is 0 Å². The van der Waals surface area contributed by atoms with Gasteiger partial charge in [0.1, 0.15) is 0 Å². The summed E-state index contributed by atoms with van der Waals surface area (Å²) in [5.74, 6) is 0. The molecule has 0 aromatic carbocycles. The summed E-state index contributed by atoms with van der Waals surface area (Å²) >= 11 is 0. The minimum absolute atomic E-state index is 0.810. The normalized spacial score (nSPS) is 15.1. The van der Waals surface area contributed by atoms with Crippen LogP contribution >= 0.6 is 0 Å². The molecule has 0 N–H and O–H groups in total. The van der Waals surface area contributed by atoms with Crippen LogP contribution in [0.4, 0.5) is 0 Å². The predicted octanol–water partition coefficient (Wildman–Crippen LogP) is 1.55. The highest BCUT2D eigenvalue weighted by atomic mass is 14.7. The Kier molecular flexibility index (Phi) is 1.52. The zero-order chi connectivity index (χ0) is 7.52. The number of aliphatic imine (C=N–C) groups is 1. The van der Waals surface area contributed by atoms with Crippen LogP contribution in [0.1, 0.15) is 5.56 Å². The molecule has 0 aliphatic carbocycles. The van der Waals surface area contributed by atoms with Crippen molar-refractivity contribution < 1.29 is 0 Å². The summed E-state index contributed by atoms with van der Waals surface area (Å²) < 4.78 is 0. The lowest BCUT2D eigenvalue weighted by molar-refractivity contribution is 1.29. The molecule has 0 amide bonds. The van der Waals surface area contributed by atoms with Crippen LogP contribution in [0.2, 0.25) is 0 Å². The molecule has 1 aliphatic rings. The Hall–Kier alpha value is -1.44. The summed E-state index contributed by atoms with van der Waals surface area (Å²) in [7, 11) is 0. The van der Waals surface area contributed by atoms with Crippen molar-refractivity contribution in [3.8, 4) is 0 Å². The highest BCUT2D eigenvalue weighted by Gasteiger charge is 2.00. The number of rotatable bonds is 1. The first kappa shape index (κ1) is 6.28. The second kappa shape index (κ2) is 2.66. The van der Waals surface area contributed by atoms with E-state index in [0.717, 1.165) is 12.1 Å². The Labute approximate surface area is 65.3 Å². The summed E-state index contributed by atoms with van der Waals surface area (Å²) in [6, 6.07) is 3.97. The van der Waals surface area contributed by atoms with Crippen LogP contribution in [0.15, 0.2) is 35.6 Å². The van der Waals surface area contributed by atoms with E-state index in [0.29, 0.717) is 0 Å². The number of aromatic nitrogens is 1. The number of hydrogen-bond acceptors (Lipinski definition) is 2. The fourth-order valence-electron chi connectivity index (χ4n) is 1.08. The first-order chi connectivity index (χ1) is 5.47. The van der Waals surface area contributed by atoms with Crippen molar-refractivity contribution in [2.75, 3.05) is 6.54 Å². The van der Waals surface area contributed by atoms with E-state index in [4.69, 9.17) is 0 Å². The van der Waals surface area contributed by atoms with Gasteiger partial charge in [-0.1, -0.05) is 12.1 Å². The first-order valence-electron chi connectivity index (χ1n) is 3.57. The number of hydrogen-bond donors (Lipinski definition) is 0. The fourth-order valence-corrected chi connectivity index (χ4v) is 1.08. The average molecular weight is 144 g/mol. The van der Waals surface area contributed by atoms with E-state index in [-0.39, 0.29) is 0 Å². The fraction of sp³-hybridized carbons (Fsp3) is 0.111. The van der Waals surface area contributed by atoms with Gasteiger partial charge in [-0.25, -0.2) is 0 Å². The van der Waals surface area contributed by atoms with Crippen LogP contribution < -0.4 is 0 Å². The molecule has 0 atom stereocenters. The van der Waals surface area contributed by atoms with Crippen LogP contribution in [0.3, 0.4) is 0 Å². The molecule has 0 radical (unpaired) electrons. The topological polar surface area (TPSA) is 25.2 Å². The van der Waals surface area contributed by atoms with E-state index in [1.54, 1.807) is 6.20 Å². The summed E-state index contributed by atoms with van der Waals surface area (Å²) in [6.07, 6.45) is 7.60. The molecule has 0 spiro atoms. The van der Waals surface area contributed by atoms with Crippen LogP contribution in [0.25, 0.3) is 5.57 Å². The maximum absolute atomic E-state index is 4.10. The Bertz CT molecular complexity index is 299. The van der Waals surface area contributed by atoms with Gasteiger partial charge < -0.3 is 0 Å². The van der Waals surface area contributed by atoms with Gasteiger partial charge >= 0.3 is 0 Å². The molecule has 0 unspecified atom stereocenters. The summed E-state index contributed by atoms with van der Waals surface area (Å²) in [5.41, 5.74) is 2.33. The third-order valence-electron chi connectivity index (χ3n) is 1.64. The molecule has 1 aromatic rings. The molecular weight excluding hydrogens is 136 g/mol. The largest absolute Gasteiger partial charge is 0.288 e. The molecule has 2 heteroatoms. The van der Waals surface area contributed by atoms with Crippen molar-refractivity contribution >= 4 is 11.8 Å². The molecule has 0 fully saturated rings. The molecule has 11 heavy (non-hydrogen) atoms. The molecule has 0 bridgehead atoms. The van der Waals surface area contributed by atoms with Crippen LogP contribution in [0, 0.1) is 0 Å². The van der Waals surface area contributed by atoms with Gasteiger partial charge in [0.2, 0.25) is 0 Å². The van der Waals surface area contributed by atoms with Crippen molar-refractivity contribution in [3.63, 3.8) is 0 Å². The predicted molar refractivity (Wildman–Crippen MR) is 45.6 cm³/mol. The lowest BCUT2D eigenvalue weighted by Gasteiger charge is -1.94. The summed E-state index contributed by atoms with van der Waals surface area (Å²) in [4.78, 5) is 8.12. The molecule has 1 aromatic heterocycles. The van der Waals surface area contributed by atoms with Gasteiger partial charge in [0.15, 0.2) is 0 Å². The van der Waals surface area contributed by atoms with Crippen LogP contribution in [0.5, 0.6) is 0 Å². The molecular formula is C9H8N2. The second-order valence-electron chi connectivity index (χ2n) is 2.40. The molecule has 2 rings (SSSR count). The van der Waals surface area contributed by atoms with Gasteiger partial charge in [0, 0.05) is 24.2 Å². The quantitative estimate of drug-likeness (QED) is 0.587. The molecule has 54 valence electrons. The van der Waals surface area contributed by atoms with Gasteiger partial charge in [-0.3, -0.25) is 9.98 Å². The van der Waals surface area contributed by atoms with Gasteiger partial charge in [0.05, 0.1) is 6.54 Å². The number of nitrogens with zero attached hydrogens (tertiary/aromatic N) is 2. The Morgan fingerprint density at radius 3 is 3.00 bits per heavy atom. The van der Waals surface area contributed by atoms with Gasteiger partial charge in [-0.15, -0.1) is 0 Å². The van der Waals surface area contributed by atoms with Gasteiger partial charge in [0.25, 0.3) is 0 Å². The van der Waals surface area contributed by atoms with Crippen molar-refractivity contribution in [1.82, 2.24) is 4.98 Å².